The Morgan fingerprint density at radius 2 is 0.520 bits per heavy atom. The highest BCUT2D eigenvalue weighted by molar-refractivity contribution is 5.97. The summed E-state index contributed by atoms with van der Waals surface area (Å²) in [6, 6.07) is 75.9. The van der Waals surface area contributed by atoms with Gasteiger partial charge in [-0.2, -0.15) is 0 Å². The standard InChI is InChI=1S/C40H28N10.C23H18N6.3C14H12N6.C9H10N2/c1-21-13-14-41-37(15-21)40-47-31-11-6-26(19-36(31)50-40)24-4-9-29-34(17-24)48-38(45-29)27-7-12-32(42-20-27)39-46-30-10-5-25(18-35(30)49-39)23-3-8-28-33(16-23)44-22(2)43-28;1-12-24-17-7-6-15(9-18(17)25-12)14-4-3-5-16(8-14)23-28-21-10-19-20(11-22(21)29-23)27-13(2)26-19;1-7-3-9(6-15-5-7)12-18-11-4-10-13(17-8(2)16-10)20-14(11)19-12;1-7-3-4-9(15-6-7)12-18-11-5-10-13(17-8(2)16-10)20-14(11)19-12;1-7-4-3-5-9(15-7)12-18-11-6-10-13(17-8(2)16-10)20-14(11)19-12;1-6-3-4-8-9(5-6)11-7(2)10-8/h3-20H,1-2H3,(H,43,44)(H,45,48)(H,46,49)(H,47,50);3-11H,1-2H3,(H,24,25)(H,26,27)(H,28,29);3*3-6H,1-2H3,(H2,16,17,18,19,20);3-5H,1-2H3,(H,10,11). The van der Waals surface area contributed by atoms with Gasteiger partial charge in [-0.1, -0.05) is 66.7 Å². The van der Waals surface area contributed by atoms with Crippen LogP contribution in [-0.4, -0.2) is 179 Å². The number of hydrogen-bond acceptors (Lipinski definition) is 22. The van der Waals surface area contributed by atoms with Gasteiger partial charge in [0.05, 0.1) is 121 Å². The molecule has 22 aromatic heterocycles. The summed E-state index contributed by atoms with van der Waals surface area (Å²) in [6.45, 7) is 23.7. The van der Waals surface area contributed by atoms with Crippen molar-refractivity contribution in [3.63, 3.8) is 0 Å². The third-order valence-electron chi connectivity index (χ3n) is 25.7. The Bertz CT molecular complexity index is 10100. The number of nitrogens with zero attached hydrogens (tertiary/aromatic N) is 22. The Labute approximate surface area is 850 Å². The summed E-state index contributed by atoms with van der Waals surface area (Å²) in [5, 5.41) is 0. The lowest BCUT2D eigenvalue weighted by Crippen LogP contribution is -1.87. The quantitative estimate of drug-likeness (QED) is 0.0605. The van der Waals surface area contributed by atoms with E-state index in [1.54, 1.807) is 6.20 Å². The van der Waals surface area contributed by atoms with Crippen molar-refractivity contribution < 1.29 is 0 Å². The maximum Gasteiger partial charge on any atom is 0.180 e. The second kappa shape index (κ2) is 37.1. The van der Waals surface area contributed by atoms with Gasteiger partial charge < -0.3 is 69.8 Å². The van der Waals surface area contributed by atoms with Gasteiger partial charge in [0.25, 0.3) is 0 Å². The van der Waals surface area contributed by atoms with Crippen molar-refractivity contribution in [1.29, 1.82) is 0 Å². The van der Waals surface area contributed by atoms with E-state index in [2.05, 4.69) is 290 Å². The Morgan fingerprint density at radius 1 is 0.160 bits per heavy atom. The molecule has 14 N–H and O–H groups in total. The van der Waals surface area contributed by atoms with E-state index < -0.39 is 0 Å². The third kappa shape index (κ3) is 18.4. The van der Waals surface area contributed by atoms with Crippen LogP contribution in [0.2, 0.25) is 0 Å². The first-order valence-electron chi connectivity index (χ1n) is 48.6. The smallest absolute Gasteiger partial charge is 0.180 e. The van der Waals surface area contributed by atoms with Crippen molar-refractivity contribution in [2.75, 3.05) is 0 Å². The van der Waals surface area contributed by atoms with Crippen molar-refractivity contribution in [1.82, 2.24) is 179 Å². The summed E-state index contributed by atoms with van der Waals surface area (Å²) in [6.07, 6.45) is 9.08. The number of nitrogens with one attached hydrogen (secondary N) is 14. The van der Waals surface area contributed by atoms with Crippen LogP contribution in [0.15, 0.2) is 255 Å². The highest BCUT2D eigenvalue weighted by Crippen LogP contribution is 2.37. The van der Waals surface area contributed by atoms with Crippen LogP contribution in [0.1, 0.15) is 68.7 Å². The number of imidazole rings is 14. The summed E-state index contributed by atoms with van der Waals surface area (Å²) in [7, 11) is 0. The number of H-pyrrole nitrogens is 14. The van der Waals surface area contributed by atoms with Gasteiger partial charge in [-0.15, -0.1) is 0 Å². The molecule has 0 saturated heterocycles. The molecular formula is C114H92N36. The number of rotatable bonds is 10. The van der Waals surface area contributed by atoms with Crippen molar-refractivity contribution in [3.8, 4) is 114 Å². The monoisotopic (exact) mass is 1960 g/mol. The first-order valence-corrected chi connectivity index (χ1v) is 48.6. The van der Waals surface area contributed by atoms with Gasteiger partial charge in [-0.05, 0) is 296 Å². The van der Waals surface area contributed by atoms with Gasteiger partial charge in [0, 0.05) is 53.4 Å². The molecule has 8 aromatic carbocycles. The minimum Gasteiger partial charge on any atom is -0.342 e. The van der Waals surface area contributed by atoms with Gasteiger partial charge in [0.1, 0.15) is 81.0 Å². The maximum atomic E-state index is 4.88. The molecule has 0 radical (unpaired) electrons. The van der Waals surface area contributed by atoms with Gasteiger partial charge in [-0.3, -0.25) is 19.9 Å². The molecule has 0 atom stereocenters. The van der Waals surface area contributed by atoms with Crippen molar-refractivity contribution >= 4 is 155 Å². The van der Waals surface area contributed by atoms with Crippen molar-refractivity contribution in [2.45, 2.75) is 83.1 Å². The summed E-state index contributed by atoms with van der Waals surface area (Å²) < 4.78 is 0. The Hall–Kier alpha value is -20.5. The molecule has 728 valence electrons. The number of hydrogen-bond donors (Lipinski definition) is 14. The van der Waals surface area contributed by atoms with Gasteiger partial charge in [0.15, 0.2) is 57.2 Å². The zero-order valence-electron chi connectivity index (χ0n) is 83.1. The van der Waals surface area contributed by atoms with Crippen LogP contribution in [0.5, 0.6) is 0 Å². The SMILES string of the molecule is Cc1ccc(-c2nc3nc4nc(C)[nH]c4cc3[nH]2)nc1.Cc1ccc2nc(C)[nH]c2c1.Cc1cccc(-c2nc3nc4nc(C)[nH]c4cc3[nH]2)n1.Cc1ccnc(-c2nc3cc(-c4ccc5nc(-c6ccc(-c7nc8cc(-c9ccc%10nc(C)[nH]c%10c9)ccc8[nH]7)nc6)[nH]c5c4)ccc3[nH]2)c1.Cc1cncc(-c2nc3nc4nc(C)[nH]c4cc3[nH]2)c1.Cc1nc2ccc(-c3cccc(-c4nc5cc6nc(C)[nH]c6cc5[nH]4)c3)cc2[nH]1. The number of aryl methyl sites for hydroxylation is 12. The Balaban J connectivity index is 0.0000000996. The second-order valence-electron chi connectivity index (χ2n) is 37.5. The fraction of sp³-hybridized carbons (Fsp3) is 0.105. The molecule has 0 aliphatic carbocycles. The predicted octanol–water partition coefficient (Wildman–Crippen LogP) is 23.9. The maximum absolute atomic E-state index is 4.88. The molecule has 0 fully saturated rings. The van der Waals surface area contributed by atoms with Crippen molar-refractivity contribution in [3.05, 3.63) is 324 Å². The number of aromatic amines is 14. The van der Waals surface area contributed by atoms with E-state index in [1.807, 2.05) is 197 Å². The highest BCUT2D eigenvalue weighted by Gasteiger charge is 2.21. The van der Waals surface area contributed by atoms with Crippen LogP contribution in [0.25, 0.3) is 269 Å². The molecule has 30 rings (SSSR count). The normalized spacial score (nSPS) is 11.6. The van der Waals surface area contributed by atoms with Gasteiger partial charge in [0.2, 0.25) is 0 Å². The molecular weight excluding hydrogens is 1870 g/mol. The average Bonchev–Trinajstić information content (AvgIpc) is 1.64. The fourth-order valence-electron chi connectivity index (χ4n) is 18.6. The number of benzene rings is 8. The van der Waals surface area contributed by atoms with E-state index in [9.17, 15) is 0 Å². The van der Waals surface area contributed by atoms with Crippen LogP contribution in [0, 0.1) is 83.1 Å². The lowest BCUT2D eigenvalue weighted by molar-refractivity contribution is 1.15. The minimum atomic E-state index is 0.654. The molecule has 0 spiro atoms. The second-order valence-corrected chi connectivity index (χ2v) is 37.5. The zero-order chi connectivity index (χ0) is 102. The largest absolute Gasteiger partial charge is 0.342 e. The molecule has 0 unspecified atom stereocenters. The number of aromatic nitrogens is 36. The van der Waals surface area contributed by atoms with Gasteiger partial charge in [-0.25, -0.2) is 89.7 Å². The average molecular weight is 1970 g/mol. The Morgan fingerprint density at radius 3 is 1.07 bits per heavy atom. The molecule has 0 bridgehead atoms. The molecule has 22 heterocycles. The number of pyridine rings is 8. The minimum absolute atomic E-state index is 0.654. The van der Waals surface area contributed by atoms with E-state index in [1.165, 1.54) is 5.56 Å². The summed E-state index contributed by atoms with van der Waals surface area (Å²) in [5.74, 6) is 11.6. The summed E-state index contributed by atoms with van der Waals surface area (Å²) >= 11 is 0. The zero-order valence-corrected chi connectivity index (χ0v) is 83.1. The van der Waals surface area contributed by atoms with Crippen LogP contribution >= 0.6 is 0 Å². The molecule has 0 aliphatic rings. The molecule has 0 amide bonds. The molecule has 0 saturated carbocycles. The summed E-state index contributed by atoms with van der Waals surface area (Å²) in [4.78, 5) is 145. The van der Waals surface area contributed by atoms with Crippen LogP contribution in [0.4, 0.5) is 0 Å². The van der Waals surface area contributed by atoms with Crippen molar-refractivity contribution in [2.24, 2.45) is 0 Å². The highest BCUT2D eigenvalue weighted by atomic mass is 15.1. The topological polar surface area (TPSA) is 505 Å². The van der Waals surface area contributed by atoms with Crippen LogP contribution in [0.3, 0.4) is 0 Å². The van der Waals surface area contributed by atoms with Gasteiger partial charge >= 0.3 is 0 Å². The lowest BCUT2D eigenvalue weighted by atomic mass is 10.0. The Kier molecular flexibility index (Phi) is 22.4. The fourth-order valence-corrected chi connectivity index (χ4v) is 18.6. The number of fused-ring (bicyclic) bond motifs is 14. The first kappa shape index (κ1) is 90.8. The van der Waals surface area contributed by atoms with E-state index >= 15 is 0 Å². The third-order valence-corrected chi connectivity index (χ3v) is 25.7. The molecule has 30 aromatic rings. The first-order chi connectivity index (χ1) is 72.9. The van der Waals surface area contributed by atoms with Crippen LogP contribution in [-0.2, 0) is 0 Å². The van der Waals surface area contributed by atoms with E-state index in [0.29, 0.717) is 39.7 Å². The molecule has 36 heteroatoms. The molecule has 150 heavy (non-hydrogen) atoms. The molecule has 0 aliphatic heterocycles. The summed E-state index contributed by atoms with van der Waals surface area (Å²) in [5.41, 5.74) is 43.3. The molecule has 36 nitrogen and oxygen atoms in total. The van der Waals surface area contributed by atoms with E-state index in [-0.39, 0.29) is 0 Å². The van der Waals surface area contributed by atoms with E-state index in [0.717, 1.165) is 292 Å². The predicted molar refractivity (Wildman–Crippen MR) is 587 cm³/mol. The lowest BCUT2D eigenvalue weighted by Gasteiger charge is -2.04. The van der Waals surface area contributed by atoms with Crippen LogP contribution < -0.4 is 0 Å². The van der Waals surface area contributed by atoms with E-state index in [4.69, 9.17) is 24.9 Å².